The lowest BCUT2D eigenvalue weighted by molar-refractivity contribution is -0.138. The Bertz CT molecular complexity index is 290. The molecule has 5 heteroatoms. The molecule has 2 unspecified atom stereocenters. The van der Waals surface area contributed by atoms with Crippen LogP contribution in [0.4, 0.5) is 4.79 Å². The topological polar surface area (TPSA) is 78.4 Å². The quantitative estimate of drug-likeness (QED) is 0.581. The number of nitrogens with one attached hydrogen (secondary N) is 2. The predicted octanol–water partition coefficient (Wildman–Crippen LogP) is 2.00. The third-order valence-electron chi connectivity index (χ3n) is 2.53. The van der Waals surface area contributed by atoms with Crippen molar-refractivity contribution in [1.29, 1.82) is 0 Å². The van der Waals surface area contributed by atoms with Gasteiger partial charge >= 0.3 is 12.0 Å². The van der Waals surface area contributed by atoms with Gasteiger partial charge in [-0.2, -0.15) is 0 Å². The first kappa shape index (κ1) is 16.5. The average molecular weight is 256 g/mol. The Kier molecular flexibility index (Phi) is 7.83. The maximum atomic E-state index is 11.5. The summed E-state index contributed by atoms with van der Waals surface area (Å²) in [7, 11) is 0. The molecule has 0 bridgehead atoms. The lowest BCUT2D eigenvalue weighted by Crippen LogP contribution is -2.42. The fraction of sp³-hybridized carbons (Fsp3) is 0.692. The van der Waals surface area contributed by atoms with Crippen molar-refractivity contribution in [1.82, 2.24) is 10.6 Å². The number of hydrogen-bond donors (Lipinski definition) is 3. The number of rotatable bonds is 8. The van der Waals surface area contributed by atoms with E-state index in [2.05, 4.69) is 17.2 Å². The van der Waals surface area contributed by atoms with Crippen LogP contribution in [0.25, 0.3) is 0 Å². The molecular weight excluding hydrogens is 232 g/mol. The van der Waals surface area contributed by atoms with Gasteiger partial charge in [0.15, 0.2) is 0 Å². The summed E-state index contributed by atoms with van der Waals surface area (Å²) < 4.78 is 0. The summed E-state index contributed by atoms with van der Waals surface area (Å²) in [5.41, 5.74) is 0. The van der Waals surface area contributed by atoms with E-state index in [9.17, 15) is 9.59 Å². The zero-order valence-electron chi connectivity index (χ0n) is 11.4. The first-order valence-electron chi connectivity index (χ1n) is 6.23. The zero-order valence-corrected chi connectivity index (χ0v) is 11.4. The molecule has 0 spiro atoms. The molecule has 0 saturated heterocycles. The van der Waals surface area contributed by atoms with Crippen molar-refractivity contribution in [3.05, 3.63) is 12.7 Å². The molecule has 0 aromatic carbocycles. The molecule has 18 heavy (non-hydrogen) atoms. The average Bonchev–Trinajstić information content (AvgIpc) is 2.24. The number of amides is 2. The van der Waals surface area contributed by atoms with E-state index in [1.165, 1.54) is 0 Å². The minimum atomic E-state index is -0.831. The van der Waals surface area contributed by atoms with Crippen LogP contribution in [0.3, 0.4) is 0 Å². The molecule has 0 aliphatic carbocycles. The Morgan fingerprint density at radius 2 is 1.94 bits per heavy atom. The van der Waals surface area contributed by atoms with Crippen LogP contribution in [0.2, 0.25) is 0 Å². The van der Waals surface area contributed by atoms with E-state index in [4.69, 9.17) is 5.11 Å². The Balaban J connectivity index is 4.12. The standard InChI is InChI=1S/C13H24N2O3/c1-5-10(4)15-13(18)14-8-11(6-9(2)3)7-12(16)17/h5,9-11H,1,6-8H2,2-4H3,(H,16,17)(H2,14,15,18). The fourth-order valence-electron chi connectivity index (χ4n) is 1.71. The molecule has 0 aliphatic heterocycles. The highest BCUT2D eigenvalue weighted by Gasteiger charge is 2.16. The lowest BCUT2D eigenvalue weighted by atomic mass is 9.94. The molecule has 0 heterocycles. The van der Waals surface area contributed by atoms with E-state index in [0.29, 0.717) is 12.5 Å². The van der Waals surface area contributed by atoms with E-state index >= 15 is 0 Å². The van der Waals surface area contributed by atoms with E-state index in [1.54, 1.807) is 6.08 Å². The summed E-state index contributed by atoms with van der Waals surface area (Å²) in [6, 6.07) is -0.394. The Hall–Kier alpha value is -1.52. The molecule has 2 amide bonds. The van der Waals surface area contributed by atoms with Gasteiger partial charge in [0.2, 0.25) is 0 Å². The third kappa shape index (κ3) is 8.61. The van der Waals surface area contributed by atoms with Gasteiger partial charge in [-0.15, -0.1) is 6.58 Å². The van der Waals surface area contributed by atoms with Crippen molar-refractivity contribution in [2.24, 2.45) is 11.8 Å². The van der Waals surface area contributed by atoms with Crippen molar-refractivity contribution in [3.8, 4) is 0 Å². The SMILES string of the molecule is C=CC(C)NC(=O)NCC(CC(=O)O)CC(C)C. The van der Waals surface area contributed by atoms with Gasteiger partial charge in [-0.1, -0.05) is 19.9 Å². The van der Waals surface area contributed by atoms with E-state index in [1.807, 2.05) is 20.8 Å². The van der Waals surface area contributed by atoms with Gasteiger partial charge in [0.25, 0.3) is 0 Å². The maximum absolute atomic E-state index is 11.5. The van der Waals surface area contributed by atoms with Crippen molar-refractivity contribution in [2.45, 2.75) is 39.7 Å². The third-order valence-corrected chi connectivity index (χ3v) is 2.53. The molecule has 0 saturated carbocycles. The molecular formula is C13H24N2O3. The lowest BCUT2D eigenvalue weighted by Gasteiger charge is -2.18. The van der Waals surface area contributed by atoms with Gasteiger partial charge in [0.05, 0.1) is 0 Å². The molecule has 0 fully saturated rings. The number of carboxylic acids is 1. The number of carbonyl (C=O) groups excluding carboxylic acids is 1. The normalized spacial score (nSPS) is 13.8. The van der Waals surface area contributed by atoms with E-state index < -0.39 is 5.97 Å². The molecule has 0 aromatic rings. The minimum Gasteiger partial charge on any atom is -0.481 e. The van der Waals surface area contributed by atoms with Gasteiger partial charge in [0.1, 0.15) is 0 Å². The van der Waals surface area contributed by atoms with Gasteiger partial charge in [-0.05, 0) is 25.2 Å². The highest BCUT2D eigenvalue weighted by Crippen LogP contribution is 2.14. The van der Waals surface area contributed by atoms with Crippen LogP contribution in [0, 0.1) is 11.8 Å². The van der Waals surface area contributed by atoms with Crippen LogP contribution in [0.1, 0.15) is 33.6 Å². The number of carbonyl (C=O) groups is 2. The largest absolute Gasteiger partial charge is 0.481 e. The number of urea groups is 1. The Labute approximate surface area is 109 Å². The van der Waals surface area contributed by atoms with Crippen LogP contribution < -0.4 is 10.6 Å². The summed E-state index contributed by atoms with van der Waals surface area (Å²) in [5.74, 6) is -0.457. The summed E-state index contributed by atoms with van der Waals surface area (Å²) >= 11 is 0. The molecule has 5 nitrogen and oxygen atoms in total. The first-order chi connectivity index (χ1) is 8.35. The summed E-state index contributed by atoms with van der Waals surface area (Å²) in [5, 5.41) is 14.2. The van der Waals surface area contributed by atoms with E-state index in [-0.39, 0.29) is 24.4 Å². The Morgan fingerprint density at radius 3 is 2.39 bits per heavy atom. The highest BCUT2D eigenvalue weighted by molar-refractivity contribution is 5.74. The molecule has 0 radical (unpaired) electrons. The van der Waals surface area contributed by atoms with Crippen LogP contribution in [-0.2, 0) is 4.79 Å². The highest BCUT2D eigenvalue weighted by atomic mass is 16.4. The molecule has 104 valence electrons. The summed E-state index contributed by atoms with van der Waals surface area (Å²) in [6.45, 7) is 9.83. The van der Waals surface area contributed by atoms with Gasteiger partial charge in [-0.25, -0.2) is 4.79 Å². The molecule has 0 rings (SSSR count). The van der Waals surface area contributed by atoms with Crippen LogP contribution >= 0.6 is 0 Å². The van der Waals surface area contributed by atoms with E-state index in [0.717, 1.165) is 6.42 Å². The smallest absolute Gasteiger partial charge is 0.315 e. The predicted molar refractivity (Wildman–Crippen MR) is 71.4 cm³/mol. The molecule has 0 aliphatic rings. The van der Waals surface area contributed by atoms with Crippen molar-refractivity contribution < 1.29 is 14.7 Å². The summed E-state index contributed by atoms with van der Waals surface area (Å²) in [6.07, 6.45) is 2.49. The minimum absolute atomic E-state index is 0.0349. The van der Waals surface area contributed by atoms with Crippen LogP contribution in [-0.4, -0.2) is 29.7 Å². The fourth-order valence-corrected chi connectivity index (χ4v) is 1.71. The molecule has 2 atom stereocenters. The number of carboxylic acid groups (broad SMARTS) is 1. The number of hydrogen-bond acceptors (Lipinski definition) is 2. The van der Waals surface area contributed by atoms with Crippen LogP contribution in [0.15, 0.2) is 12.7 Å². The van der Waals surface area contributed by atoms with Crippen molar-refractivity contribution >= 4 is 12.0 Å². The first-order valence-corrected chi connectivity index (χ1v) is 6.23. The second kappa shape index (κ2) is 8.55. The zero-order chi connectivity index (χ0) is 14.1. The number of aliphatic carboxylic acids is 1. The van der Waals surface area contributed by atoms with Gasteiger partial charge in [-0.3, -0.25) is 4.79 Å². The second-order valence-corrected chi connectivity index (χ2v) is 4.97. The Morgan fingerprint density at radius 1 is 1.33 bits per heavy atom. The molecule has 3 N–H and O–H groups in total. The van der Waals surface area contributed by atoms with Crippen molar-refractivity contribution in [2.75, 3.05) is 6.54 Å². The van der Waals surface area contributed by atoms with Gasteiger partial charge in [0, 0.05) is 19.0 Å². The second-order valence-electron chi connectivity index (χ2n) is 4.97. The summed E-state index contributed by atoms with van der Waals surface area (Å²) in [4.78, 5) is 22.2. The molecule has 0 aromatic heterocycles. The van der Waals surface area contributed by atoms with Crippen LogP contribution in [0.5, 0.6) is 0 Å². The van der Waals surface area contributed by atoms with Gasteiger partial charge < -0.3 is 15.7 Å². The monoisotopic (exact) mass is 256 g/mol. The maximum Gasteiger partial charge on any atom is 0.315 e. The van der Waals surface area contributed by atoms with Crippen molar-refractivity contribution in [3.63, 3.8) is 0 Å².